The summed E-state index contributed by atoms with van der Waals surface area (Å²) in [7, 11) is -0.780. The smallest absolute Gasteiger partial charge is 0.161 e. The highest BCUT2D eigenvalue weighted by Crippen LogP contribution is 2.27. The monoisotopic (exact) mass is 558 g/mol. The molecule has 0 N–H and O–H groups in total. The van der Waals surface area contributed by atoms with Gasteiger partial charge in [-0.2, -0.15) is 0 Å². The zero-order chi connectivity index (χ0) is 27.3. The minimum atomic E-state index is -0.390. The van der Waals surface area contributed by atoms with Gasteiger partial charge in [-0.15, -0.1) is 0 Å². The van der Waals surface area contributed by atoms with Gasteiger partial charge in [0.05, 0.1) is 45.5 Å². The Bertz CT molecular complexity index is 803. The van der Waals surface area contributed by atoms with Crippen LogP contribution in [0.4, 0.5) is 0 Å². The van der Waals surface area contributed by atoms with E-state index in [1.54, 1.807) is 0 Å². The van der Waals surface area contributed by atoms with Crippen molar-refractivity contribution < 1.29 is 18.9 Å². The lowest BCUT2D eigenvalue weighted by atomic mass is 10.3. The maximum absolute atomic E-state index is 6.27. The molecule has 38 heavy (non-hydrogen) atoms. The minimum absolute atomic E-state index is 0.390. The molecule has 0 fully saturated rings. The molecule has 2 rings (SSSR count). The van der Waals surface area contributed by atoms with Crippen LogP contribution in [0.5, 0.6) is 23.0 Å². The number of ether oxygens (including phenoxy) is 4. The third-order valence-corrected chi connectivity index (χ3v) is 10.7. The molecule has 0 amide bonds. The molecule has 0 atom stereocenters. The fourth-order valence-electron chi connectivity index (χ4n) is 4.35. The lowest BCUT2D eigenvalue weighted by molar-refractivity contribution is 0.263. The van der Waals surface area contributed by atoms with Gasteiger partial charge >= 0.3 is 0 Å². The van der Waals surface area contributed by atoms with E-state index in [4.69, 9.17) is 18.9 Å². The van der Waals surface area contributed by atoms with Crippen LogP contribution >= 0.6 is 0 Å². The second-order valence-corrected chi connectivity index (χ2v) is 14.1. The molecule has 0 saturated heterocycles. The van der Waals surface area contributed by atoms with E-state index in [2.05, 4.69) is 64.1 Å². The van der Waals surface area contributed by atoms with Crippen LogP contribution in [-0.2, 0) is 0 Å². The predicted octanol–water partition coefficient (Wildman–Crippen LogP) is 6.31. The van der Waals surface area contributed by atoms with E-state index < -0.39 is 0 Å². The highest BCUT2D eigenvalue weighted by Gasteiger charge is 2.13. The normalized spacial score (nSPS) is 11.6. The molecule has 2 aromatic carbocycles. The average Bonchev–Trinajstić information content (AvgIpc) is 2.93. The number of unbranched alkanes of at least 4 members (excludes halogenated alkanes) is 5. The van der Waals surface area contributed by atoms with Crippen molar-refractivity contribution in [3.05, 3.63) is 36.4 Å². The van der Waals surface area contributed by atoms with Crippen LogP contribution in [0.3, 0.4) is 0 Å². The number of rotatable bonds is 23. The zero-order valence-electron chi connectivity index (χ0n) is 24.8. The van der Waals surface area contributed by atoms with Crippen LogP contribution in [0.15, 0.2) is 36.4 Å². The Morgan fingerprint density at radius 1 is 0.474 bits per heavy atom. The van der Waals surface area contributed by atoms with Crippen LogP contribution in [0.25, 0.3) is 0 Å². The lowest BCUT2D eigenvalue weighted by Crippen LogP contribution is -2.20. The summed E-state index contributed by atoms with van der Waals surface area (Å²) in [5, 5.41) is 2.85. The molecule has 0 aliphatic rings. The second-order valence-electron chi connectivity index (χ2n) is 10.2. The molecule has 0 heterocycles. The maximum atomic E-state index is 6.27. The van der Waals surface area contributed by atoms with E-state index in [-0.39, 0.29) is 19.0 Å². The van der Waals surface area contributed by atoms with Gasteiger partial charge in [0.15, 0.2) is 23.0 Å². The third-order valence-electron chi connectivity index (χ3n) is 6.76. The molecule has 0 saturated carbocycles. The average molecular weight is 559 g/mol. The molecule has 0 unspecified atom stereocenters. The molecule has 0 bridgehead atoms. The SMILES string of the molecule is CCCCOc1cccc([SiH2]CCCC[SiH2]c2cccc(OCCCC)c2OCCCC)c1OCCCC. The van der Waals surface area contributed by atoms with E-state index in [1.807, 2.05) is 0 Å². The molecule has 0 aromatic heterocycles. The molecule has 0 aliphatic carbocycles. The van der Waals surface area contributed by atoms with Crippen LogP contribution in [-0.4, -0.2) is 45.5 Å². The van der Waals surface area contributed by atoms with Crippen LogP contribution in [0, 0.1) is 0 Å². The molecule has 6 heteroatoms. The fraction of sp³-hybridized carbons (Fsp3) is 0.625. The van der Waals surface area contributed by atoms with Crippen molar-refractivity contribution in [1.82, 2.24) is 0 Å². The van der Waals surface area contributed by atoms with Gasteiger partial charge in [-0.3, -0.25) is 0 Å². The summed E-state index contributed by atoms with van der Waals surface area (Å²) in [5.41, 5.74) is 0. The predicted molar refractivity (Wildman–Crippen MR) is 170 cm³/mol. The first kappa shape index (κ1) is 32.3. The molecule has 4 nitrogen and oxygen atoms in total. The topological polar surface area (TPSA) is 36.9 Å². The Balaban J connectivity index is 1.89. The fourth-order valence-corrected chi connectivity index (χ4v) is 7.93. The first-order chi connectivity index (χ1) is 18.7. The van der Waals surface area contributed by atoms with Gasteiger partial charge in [0.2, 0.25) is 0 Å². The molecule has 2 aromatic rings. The minimum Gasteiger partial charge on any atom is -0.490 e. The number of para-hydroxylation sites is 2. The van der Waals surface area contributed by atoms with Gasteiger partial charge in [-0.25, -0.2) is 0 Å². The maximum Gasteiger partial charge on any atom is 0.161 e. The Morgan fingerprint density at radius 2 is 0.842 bits per heavy atom. The third kappa shape index (κ3) is 12.3. The van der Waals surface area contributed by atoms with Gasteiger partial charge < -0.3 is 18.9 Å². The van der Waals surface area contributed by atoms with Gasteiger partial charge in [0, 0.05) is 0 Å². The van der Waals surface area contributed by atoms with Gasteiger partial charge in [-0.05, 0) is 48.2 Å². The largest absolute Gasteiger partial charge is 0.490 e. The summed E-state index contributed by atoms with van der Waals surface area (Å²) >= 11 is 0. The summed E-state index contributed by atoms with van der Waals surface area (Å²) in [6.45, 7) is 11.9. The Labute approximate surface area is 237 Å². The zero-order valence-corrected chi connectivity index (χ0v) is 27.7. The Kier molecular flexibility index (Phi) is 17.8. The van der Waals surface area contributed by atoms with E-state index in [9.17, 15) is 0 Å². The summed E-state index contributed by atoms with van der Waals surface area (Å²) in [6, 6.07) is 15.7. The van der Waals surface area contributed by atoms with Crippen molar-refractivity contribution in [3.8, 4) is 23.0 Å². The molecule has 0 aliphatic heterocycles. The quantitative estimate of drug-likeness (QED) is 0.118. The van der Waals surface area contributed by atoms with Crippen molar-refractivity contribution in [3.63, 3.8) is 0 Å². The van der Waals surface area contributed by atoms with E-state index in [1.165, 1.54) is 35.3 Å². The summed E-state index contributed by atoms with van der Waals surface area (Å²) < 4.78 is 24.8. The van der Waals surface area contributed by atoms with E-state index in [0.717, 1.165) is 101 Å². The number of hydrogen-bond donors (Lipinski definition) is 0. The van der Waals surface area contributed by atoms with Crippen LogP contribution in [0.1, 0.15) is 91.9 Å². The lowest BCUT2D eigenvalue weighted by Gasteiger charge is -2.17. The van der Waals surface area contributed by atoms with Crippen molar-refractivity contribution in [2.75, 3.05) is 26.4 Å². The van der Waals surface area contributed by atoms with Crippen molar-refractivity contribution >= 4 is 29.4 Å². The number of benzene rings is 2. The van der Waals surface area contributed by atoms with Gasteiger partial charge in [0.25, 0.3) is 0 Å². The molecule has 214 valence electrons. The van der Waals surface area contributed by atoms with Gasteiger partial charge in [-0.1, -0.05) is 103 Å². The molecule has 0 spiro atoms. The van der Waals surface area contributed by atoms with E-state index in [0.29, 0.717) is 0 Å². The Hall–Kier alpha value is -1.93. The first-order valence-corrected chi connectivity index (χ1v) is 18.9. The summed E-state index contributed by atoms with van der Waals surface area (Å²) in [4.78, 5) is 0. The Morgan fingerprint density at radius 3 is 1.21 bits per heavy atom. The second kappa shape index (κ2) is 21.0. The highest BCUT2D eigenvalue weighted by atomic mass is 28.2. The van der Waals surface area contributed by atoms with Crippen molar-refractivity contribution in [2.24, 2.45) is 0 Å². The van der Waals surface area contributed by atoms with Gasteiger partial charge in [0.1, 0.15) is 0 Å². The first-order valence-electron chi connectivity index (χ1n) is 15.5. The number of hydrogen-bond acceptors (Lipinski definition) is 4. The van der Waals surface area contributed by atoms with Crippen molar-refractivity contribution in [1.29, 1.82) is 0 Å². The summed E-state index contributed by atoms with van der Waals surface area (Å²) in [5.74, 6) is 3.96. The summed E-state index contributed by atoms with van der Waals surface area (Å²) in [6.07, 6.45) is 11.5. The standard InChI is InChI=1S/C32H54O4Si2/c1-5-9-21-33-27-17-15-19-29(31(27)35-23-11-7-3)37-25-13-14-26-38-30-20-16-18-28(34-22-10-6-2)32(30)36-24-12-8-4/h15-20H,5-14,21-26,37-38H2,1-4H3. The van der Waals surface area contributed by atoms with Crippen LogP contribution in [0.2, 0.25) is 12.1 Å². The molecular formula is C32H54O4Si2. The highest BCUT2D eigenvalue weighted by molar-refractivity contribution is 6.55. The van der Waals surface area contributed by atoms with Crippen molar-refractivity contribution in [2.45, 2.75) is 104 Å². The van der Waals surface area contributed by atoms with Crippen LogP contribution < -0.4 is 29.3 Å². The molecular weight excluding hydrogens is 505 g/mol. The molecule has 0 radical (unpaired) electrons. The van der Waals surface area contributed by atoms with E-state index >= 15 is 0 Å².